The minimum atomic E-state index is 0.504. The van der Waals surface area contributed by atoms with Gasteiger partial charge in [0.15, 0.2) is 0 Å². The van der Waals surface area contributed by atoms with Gasteiger partial charge in [-0.05, 0) is 18.9 Å². The Morgan fingerprint density at radius 3 is 2.82 bits per heavy atom. The molecule has 2 nitrogen and oxygen atoms in total. The predicted octanol–water partition coefficient (Wildman–Crippen LogP) is 2.82. The Morgan fingerprint density at radius 2 is 2.12 bits per heavy atom. The number of rotatable bonds is 4. The van der Waals surface area contributed by atoms with Crippen molar-refractivity contribution in [2.45, 2.75) is 38.8 Å². The third-order valence-corrected chi connectivity index (χ3v) is 3.74. The molecule has 1 heterocycles. The smallest absolute Gasteiger partial charge is 0.0449 e. The molecule has 1 N–H and O–H groups in total. The maximum atomic E-state index is 3.62. The van der Waals surface area contributed by atoms with Crippen molar-refractivity contribution in [3.63, 3.8) is 0 Å². The molecule has 0 radical (unpaired) electrons. The number of benzene rings is 1. The second-order valence-electron chi connectivity index (χ2n) is 5.05. The van der Waals surface area contributed by atoms with Crippen LogP contribution in [0, 0.1) is 0 Å². The van der Waals surface area contributed by atoms with Crippen LogP contribution in [0.25, 0.3) is 0 Å². The lowest BCUT2D eigenvalue weighted by molar-refractivity contribution is 0.146. The van der Waals surface area contributed by atoms with Crippen molar-refractivity contribution in [3.05, 3.63) is 35.9 Å². The normalized spacial score (nSPS) is 23.5. The lowest BCUT2D eigenvalue weighted by atomic mass is 10.0. The largest absolute Gasteiger partial charge is 0.308 e. The Bertz CT molecular complexity index is 323. The van der Waals surface area contributed by atoms with Gasteiger partial charge in [-0.2, -0.15) is 0 Å². The molecule has 0 aromatic heterocycles. The molecular weight excluding hydrogens is 208 g/mol. The summed E-state index contributed by atoms with van der Waals surface area (Å²) in [4.78, 5) is 2.62. The molecule has 1 fully saturated rings. The minimum absolute atomic E-state index is 0.504. The predicted molar refractivity (Wildman–Crippen MR) is 73.1 cm³/mol. The van der Waals surface area contributed by atoms with Crippen LogP contribution in [0.15, 0.2) is 30.3 Å². The van der Waals surface area contributed by atoms with Gasteiger partial charge in [0.05, 0.1) is 0 Å². The summed E-state index contributed by atoms with van der Waals surface area (Å²) in [5, 5.41) is 3.62. The molecule has 2 unspecified atom stereocenters. The zero-order valence-corrected chi connectivity index (χ0v) is 11.0. The van der Waals surface area contributed by atoms with Crippen molar-refractivity contribution in [1.29, 1.82) is 0 Å². The van der Waals surface area contributed by atoms with E-state index in [1.807, 2.05) is 0 Å². The minimum Gasteiger partial charge on any atom is -0.308 e. The summed E-state index contributed by atoms with van der Waals surface area (Å²) in [6.07, 6.45) is 2.59. The number of nitrogens with zero attached hydrogens (tertiary/aromatic N) is 1. The fraction of sp³-hybridized carbons (Fsp3) is 0.600. The first kappa shape index (κ1) is 12.6. The molecule has 0 aliphatic carbocycles. The quantitative estimate of drug-likeness (QED) is 0.858. The second-order valence-corrected chi connectivity index (χ2v) is 5.05. The Balaban J connectivity index is 1.97. The highest BCUT2D eigenvalue weighted by Gasteiger charge is 2.23. The van der Waals surface area contributed by atoms with E-state index < -0.39 is 0 Å². The highest BCUT2D eigenvalue weighted by molar-refractivity contribution is 5.19. The molecule has 0 bridgehead atoms. The van der Waals surface area contributed by atoms with Crippen molar-refractivity contribution in [3.8, 4) is 0 Å². The third kappa shape index (κ3) is 3.30. The Morgan fingerprint density at radius 1 is 1.35 bits per heavy atom. The Hall–Kier alpha value is -0.860. The average Bonchev–Trinajstić information content (AvgIpc) is 2.40. The molecule has 0 amide bonds. The first-order chi connectivity index (χ1) is 8.31. The summed E-state index contributed by atoms with van der Waals surface area (Å²) in [7, 11) is 0. The molecule has 2 atom stereocenters. The third-order valence-electron chi connectivity index (χ3n) is 3.74. The lowest BCUT2D eigenvalue weighted by Crippen LogP contribution is -2.49. The van der Waals surface area contributed by atoms with E-state index in [-0.39, 0.29) is 0 Å². The zero-order valence-electron chi connectivity index (χ0n) is 11.0. The summed E-state index contributed by atoms with van der Waals surface area (Å²) in [5.41, 5.74) is 1.42. The maximum Gasteiger partial charge on any atom is 0.0449 e. The summed E-state index contributed by atoms with van der Waals surface area (Å²) in [6, 6.07) is 12.0. The van der Waals surface area contributed by atoms with Crippen LogP contribution in [0.2, 0.25) is 0 Å². The molecular formula is C15H24N2. The molecule has 0 spiro atoms. The summed E-state index contributed by atoms with van der Waals surface area (Å²) >= 11 is 0. The van der Waals surface area contributed by atoms with E-state index in [0.29, 0.717) is 12.1 Å². The standard InChI is InChI=1S/C15H24N2/c1-3-7-13(2)17-11-10-16-15(12-17)14-8-5-4-6-9-14/h4-6,8-9,13,15-16H,3,7,10-12H2,1-2H3. The average molecular weight is 232 g/mol. The Labute approximate surface area is 105 Å². The molecule has 0 saturated carbocycles. The lowest BCUT2D eigenvalue weighted by Gasteiger charge is -2.37. The summed E-state index contributed by atoms with van der Waals surface area (Å²) in [5.74, 6) is 0. The van der Waals surface area contributed by atoms with Crippen LogP contribution in [0.4, 0.5) is 0 Å². The van der Waals surface area contributed by atoms with Crippen molar-refractivity contribution in [2.75, 3.05) is 19.6 Å². The van der Waals surface area contributed by atoms with Gasteiger partial charge in [0, 0.05) is 31.7 Å². The van der Waals surface area contributed by atoms with Crippen molar-refractivity contribution in [1.82, 2.24) is 10.2 Å². The maximum absolute atomic E-state index is 3.62. The van der Waals surface area contributed by atoms with Gasteiger partial charge in [0.25, 0.3) is 0 Å². The fourth-order valence-electron chi connectivity index (χ4n) is 2.68. The topological polar surface area (TPSA) is 15.3 Å². The van der Waals surface area contributed by atoms with E-state index >= 15 is 0 Å². The molecule has 94 valence electrons. The van der Waals surface area contributed by atoms with Gasteiger partial charge in [0.1, 0.15) is 0 Å². The van der Waals surface area contributed by atoms with Gasteiger partial charge in [-0.1, -0.05) is 43.7 Å². The van der Waals surface area contributed by atoms with Crippen LogP contribution < -0.4 is 5.32 Å². The van der Waals surface area contributed by atoms with Gasteiger partial charge in [-0.3, -0.25) is 4.90 Å². The zero-order chi connectivity index (χ0) is 12.1. The molecule has 1 aliphatic rings. The van der Waals surface area contributed by atoms with E-state index in [2.05, 4.69) is 54.4 Å². The Kier molecular flexibility index (Phi) is 4.57. The molecule has 1 aromatic carbocycles. The SMILES string of the molecule is CCCC(C)N1CCNC(c2ccccc2)C1. The van der Waals surface area contributed by atoms with E-state index in [1.54, 1.807) is 0 Å². The van der Waals surface area contributed by atoms with E-state index in [4.69, 9.17) is 0 Å². The molecule has 2 rings (SSSR count). The van der Waals surface area contributed by atoms with Gasteiger partial charge < -0.3 is 5.32 Å². The van der Waals surface area contributed by atoms with Crippen LogP contribution in [-0.2, 0) is 0 Å². The van der Waals surface area contributed by atoms with Gasteiger partial charge in [0.2, 0.25) is 0 Å². The van der Waals surface area contributed by atoms with Gasteiger partial charge in [-0.25, -0.2) is 0 Å². The molecule has 1 aromatic rings. The fourth-order valence-corrected chi connectivity index (χ4v) is 2.68. The molecule has 1 saturated heterocycles. The van der Waals surface area contributed by atoms with Crippen LogP contribution in [-0.4, -0.2) is 30.6 Å². The number of hydrogen-bond donors (Lipinski definition) is 1. The number of hydrogen-bond acceptors (Lipinski definition) is 2. The van der Waals surface area contributed by atoms with Gasteiger partial charge in [-0.15, -0.1) is 0 Å². The first-order valence-electron chi connectivity index (χ1n) is 6.83. The molecule has 2 heteroatoms. The second kappa shape index (κ2) is 6.18. The number of piperazine rings is 1. The summed E-state index contributed by atoms with van der Waals surface area (Å²) < 4.78 is 0. The first-order valence-corrected chi connectivity index (χ1v) is 6.83. The van der Waals surface area contributed by atoms with Crippen molar-refractivity contribution < 1.29 is 0 Å². The van der Waals surface area contributed by atoms with Gasteiger partial charge >= 0.3 is 0 Å². The van der Waals surface area contributed by atoms with Crippen LogP contribution >= 0.6 is 0 Å². The van der Waals surface area contributed by atoms with Crippen LogP contribution in [0.1, 0.15) is 38.3 Å². The van der Waals surface area contributed by atoms with Crippen LogP contribution in [0.5, 0.6) is 0 Å². The summed E-state index contributed by atoms with van der Waals surface area (Å²) in [6.45, 7) is 8.06. The number of nitrogens with one attached hydrogen (secondary N) is 1. The monoisotopic (exact) mass is 232 g/mol. The molecule has 1 aliphatic heterocycles. The van der Waals surface area contributed by atoms with Crippen LogP contribution in [0.3, 0.4) is 0 Å². The molecule has 17 heavy (non-hydrogen) atoms. The van der Waals surface area contributed by atoms with Crippen molar-refractivity contribution >= 4 is 0 Å². The van der Waals surface area contributed by atoms with E-state index in [1.165, 1.54) is 24.9 Å². The highest BCUT2D eigenvalue weighted by atomic mass is 15.2. The highest BCUT2D eigenvalue weighted by Crippen LogP contribution is 2.19. The van der Waals surface area contributed by atoms with Crippen molar-refractivity contribution in [2.24, 2.45) is 0 Å². The van der Waals surface area contributed by atoms with E-state index in [9.17, 15) is 0 Å². The van der Waals surface area contributed by atoms with E-state index in [0.717, 1.165) is 13.1 Å².